The first-order valence-corrected chi connectivity index (χ1v) is 8.26. The van der Waals surface area contributed by atoms with E-state index in [0.29, 0.717) is 22.3 Å². The number of para-hydroxylation sites is 2. The Labute approximate surface area is 148 Å². The molecular formula is C21H14N2O3. The molecule has 0 atom stereocenters. The lowest BCUT2D eigenvalue weighted by molar-refractivity contribution is -0.122. The second kappa shape index (κ2) is 5.20. The molecule has 4 aromatic rings. The molecule has 126 valence electrons. The van der Waals surface area contributed by atoms with Crippen LogP contribution in [0.25, 0.3) is 33.0 Å². The highest BCUT2D eigenvalue weighted by atomic mass is 16.3. The number of amides is 2. The third-order valence-electron chi connectivity index (χ3n) is 4.85. The van der Waals surface area contributed by atoms with Crippen LogP contribution in [0.15, 0.2) is 65.4 Å². The summed E-state index contributed by atoms with van der Waals surface area (Å²) in [6.07, 6.45) is 3.47. The van der Waals surface area contributed by atoms with Crippen LogP contribution in [-0.4, -0.2) is 16.4 Å². The van der Waals surface area contributed by atoms with Crippen LogP contribution in [0.5, 0.6) is 0 Å². The van der Waals surface area contributed by atoms with Gasteiger partial charge >= 0.3 is 0 Å². The number of nitrogens with zero attached hydrogens (tertiary/aromatic N) is 1. The van der Waals surface area contributed by atoms with Gasteiger partial charge in [0.25, 0.3) is 11.8 Å². The lowest BCUT2D eigenvalue weighted by Gasteiger charge is -2.05. The second-order valence-electron chi connectivity index (χ2n) is 6.35. The van der Waals surface area contributed by atoms with Gasteiger partial charge in [0.05, 0.1) is 17.4 Å². The van der Waals surface area contributed by atoms with E-state index in [-0.39, 0.29) is 5.91 Å². The molecule has 0 unspecified atom stereocenters. The molecule has 2 aromatic carbocycles. The Bertz CT molecular complexity index is 1260. The Hall–Kier alpha value is -3.60. The maximum Gasteiger partial charge on any atom is 0.259 e. The van der Waals surface area contributed by atoms with E-state index >= 15 is 0 Å². The van der Waals surface area contributed by atoms with E-state index in [4.69, 9.17) is 4.42 Å². The zero-order valence-electron chi connectivity index (χ0n) is 13.9. The molecule has 1 N–H and O–H groups in total. The molecule has 2 amide bonds. The number of nitrogens with one attached hydrogen (secondary N) is 1. The van der Waals surface area contributed by atoms with Gasteiger partial charge in [0.1, 0.15) is 5.58 Å². The predicted octanol–water partition coefficient (Wildman–Crippen LogP) is 3.49. The van der Waals surface area contributed by atoms with Crippen LogP contribution in [0.3, 0.4) is 0 Å². The summed E-state index contributed by atoms with van der Waals surface area (Å²) in [5.41, 5.74) is 3.70. The van der Waals surface area contributed by atoms with Crippen LogP contribution in [0.2, 0.25) is 0 Å². The van der Waals surface area contributed by atoms with Crippen LogP contribution in [0.4, 0.5) is 0 Å². The number of furan rings is 1. The molecule has 0 bridgehead atoms. The molecule has 1 aliphatic heterocycles. The predicted molar refractivity (Wildman–Crippen MR) is 99.1 cm³/mol. The van der Waals surface area contributed by atoms with Crippen molar-refractivity contribution >= 4 is 44.8 Å². The number of carbonyl (C=O) groups excluding carboxylic acids is 2. The normalized spacial score (nSPS) is 14.7. The van der Waals surface area contributed by atoms with Crippen LogP contribution in [-0.2, 0) is 16.6 Å². The van der Waals surface area contributed by atoms with Crippen LogP contribution in [0.1, 0.15) is 11.1 Å². The summed E-state index contributed by atoms with van der Waals surface area (Å²) < 4.78 is 7.55. The van der Waals surface area contributed by atoms with Gasteiger partial charge in [0.2, 0.25) is 0 Å². The first-order chi connectivity index (χ1) is 12.6. The van der Waals surface area contributed by atoms with Crippen molar-refractivity contribution in [2.45, 2.75) is 0 Å². The van der Waals surface area contributed by atoms with Crippen LogP contribution in [0, 0.1) is 0 Å². The Morgan fingerprint density at radius 3 is 2.50 bits per heavy atom. The number of aromatic nitrogens is 1. The molecule has 5 rings (SSSR count). The first kappa shape index (κ1) is 14.7. The molecule has 1 aliphatic rings. The quantitative estimate of drug-likeness (QED) is 0.567. The van der Waals surface area contributed by atoms with Crippen molar-refractivity contribution < 1.29 is 14.0 Å². The number of rotatable bonds is 2. The number of benzene rings is 2. The summed E-state index contributed by atoms with van der Waals surface area (Å²) in [7, 11) is 1.92. The summed E-state index contributed by atoms with van der Waals surface area (Å²) in [6.45, 7) is 0. The highest BCUT2D eigenvalue weighted by molar-refractivity contribution is 6.50. The highest BCUT2D eigenvalue weighted by Gasteiger charge is 2.34. The minimum atomic E-state index is -0.401. The number of imide groups is 1. The van der Waals surface area contributed by atoms with Crippen LogP contribution >= 0.6 is 0 Å². The summed E-state index contributed by atoms with van der Waals surface area (Å²) in [4.78, 5) is 25.3. The van der Waals surface area contributed by atoms with Gasteiger partial charge in [-0.2, -0.15) is 0 Å². The molecule has 26 heavy (non-hydrogen) atoms. The molecule has 5 nitrogen and oxygen atoms in total. The van der Waals surface area contributed by atoms with Crippen molar-refractivity contribution in [2.24, 2.45) is 7.05 Å². The van der Waals surface area contributed by atoms with E-state index < -0.39 is 5.91 Å². The third-order valence-corrected chi connectivity index (χ3v) is 4.85. The number of fused-ring (bicyclic) bond motifs is 2. The minimum absolute atomic E-state index is 0.354. The molecule has 2 aromatic heterocycles. The standard InChI is InChI=1S/C21H14N2O3/c1-23-11-15(13-6-2-3-8-16(13)23)18-17(20(24)22-21(18)25)14-7-4-5-12-9-10-26-19(12)14/h2-11H,1H3,(H,22,24,25). The Kier molecular flexibility index (Phi) is 2.94. The molecular weight excluding hydrogens is 328 g/mol. The maximum absolute atomic E-state index is 12.7. The number of hydrogen-bond acceptors (Lipinski definition) is 3. The monoisotopic (exact) mass is 342 g/mol. The van der Waals surface area contributed by atoms with Crippen molar-refractivity contribution in [1.29, 1.82) is 0 Å². The highest BCUT2D eigenvalue weighted by Crippen LogP contribution is 2.38. The lowest BCUT2D eigenvalue weighted by atomic mass is 9.95. The van der Waals surface area contributed by atoms with Crippen LogP contribution < -0.4 is 5.32 Å². The van der Waals surface area contributed by atoms with Gasteiger partial charge in [-0.1, -0.05) is 36.4 Å². The van der Waals surface area contributed by atoms with Crippen molar-refractivity contribution in [3.63, 3.8) is 0 Å². The zero-order chi connectivity index (χ0) is 17.8. The number of hydrogen-bond donors (Lipinski definition) is 1. The van der Waals surface area contributed by atoms with Gasteiger partial charge in [0.15, 0.2) is 0 Å². The summed E-state index contributed by atoms with van der Waals surface area (Å²) >= 11 is 0. The lowest BCUT2D eigenvalue weighted by Crippen LogP contribution is -2.22. The van der Waals surface area contributed by atoms with Gasteiger partial charge in [-0.25, -0.2) is 0 Å². The third kappa shape index (κ3) is 1.91. The molecule has 0 saturated carbocycles. The largest absolute Gasteiger partial charge is 0.464 e. The Balaban J connectivity index is 1.88. The zero-order valence-corrected chi connectivity index (χ0v) is 13.9. The van der Waals surface area contributed by atoms with Gasteiger partial charge in [-0.05, 0) is 12.1 Å². The summed E-state index contributed by atoms with van der Waals surface area (Å²) in [5.74, 6) is -0.785. The average molecular weight is 342 g/mol. The molecule has 0 aliphatic carbocycles. The smallest absolute Gasteiger partial charge is 0.259 e. The van der Waals surface area contributed by atoms with E-state index in [1.807, 2.05) is 66.3 Å². The fraction of sp³-hybridized carbons (Fsp3) is 0.0476. The number of carbonyl (C=O) groups is 2. The minimum Gasteiger partial charge on any atom is -0.464 e. The van der Waals surface area contributed by atoms with Gasteiger partial charge in [0, 0.05) is 40.7 Å². The van der Waals surface area contributed by atoms with E-state index in [0.717, 1.165) is 21.9 Å². The van der Waals surface area contributed by atoms with E-state index in [2.05, 4.69) is 5.32 Å². The molecule has 5 heteroatoms. The van der Waals surface area contributed by atoms with Crippen molar-refractivity contribution in [3.05, 3.63) is 72.1 Å². The van der Waals surface area contributed by atoms with Crippen molar-refractivity contribution in [2.75, 3.05) is 0 Å². The SMILES string of the molecule is Cn1cc(C2=C(c3cccc4ccoc34)C(=O)NC2=O)c2ccccc21. The molecule has 0 spiro atoms. The fourth-order valence-electron chi connectivity index (χ4n) is 3.70. The van der Waals surface area contributed by atoms with Gasteiger partial charge in [-0.3, -0.25) is 14.9 Å². The van der Waals surface area contributed by atoms with E-state index in [1.54, 1.807) is 6.26 Å². The van der Waals surface area contributed by atoms with E-state index in [9.17, 15) is 9.59 Å². The Morgan fingerprint density at radius 2 is 1.65 bits per heavy atom. The second-order valence-corrected chi connectivity index (χ2v) is 6.35. The van der Waals surface area contributed by atoms with Gasteiger partial charge < -0.3 is 8.98 Å². The molecule has 0 fully saturated rings. The Morgan fingerprint density at radius 1 is 0.885 bits per heavy atom. The summed E-state index contributed by atoms with van der Waals surface area (Å²) in [5, 5.41) is 4.26. The number of aryl methyl sites for hydroxylation is 1. The maximum atomic E-state index is 12.7. The molecule has 0 radical (unpaired) electrons. The summed E-state index contributed by atoms with van der Waals surface area (Å²) in [6, 6.07) is 15.2. The molecule has 0 saturated heterocycles. The van der Waals surface area contributed by atoms with Crippen molar-refractivity contribution in [3.8, 4) is 0 Å². The first-order valence-electron chi connectivity index (χ1n) is 8.26. The topological polar surface area (TPSA) is 64.2 Å². The van der Waals surface area contributed by atoms with E-state index in [1.165, 1.54) is 0 Å². The van der Waals surface area contributed by atoms with Gasteiger partial charge in [-0.15, -0.1) is 0 Å². The molecule has 3 heterocycles. The fourth-order valence-corrected chi connectivity index (χ4v) is 3.70. The average Bonchev–Trinajstić information content (AvgIpc) is 3.31. The van der Waals surface area contributed by atoms with Crippen molar-refractivity contribution in [1.82, 2.24) is 9.88 Å².